The van der Waals surface area contributed by atoms with E-state index in [1.54, 1.807) is 36.4 Å². The topological polar surface area (TPSA) is 49.4 Å². The zero-order chi connectivity index (χ0) is 24.5. The molecule has 0 spiro atoms. The van der Waals surface area contributed by atoms with Gasteiger partial charge in [0.2, 0.25) is 11.8 Å². The molecule has 178 valence electrons. The predicted octanol–water partition coefficient (Wildman–Crippen LogP) is 5.84. The zero-order valence-electron chi connectivity index (χ0n) is 18.9. The van der Waals surface area contributed by atoms with Crippen LogP contribution in [0.1, 0.15) is 30.0 Å². The Morgan fingerprint density at radius 2 is 1.59 bits per heavy atom. The lowest BCUT2D eigenvalue weighted by molar-refractivity contribution is -0.140. The Hall–Kier alpha value is -2.89. The Morgan fingerprint density at radius 1 is 0.941 bits per heavy atom. The van der Waals surface area contributed by atoms with Crippen LogP contribution in [0.25, 0.3) is 0 Å². The third-order valence-electron chi connectivity index (χ3n) is 5.51. The van der Waals surface area contributed by atoms with E-state index in [0.717, 1.165) is 12.0 Å². The number of nitrogens with zero attached hydrogens (tertiary/aromatic N) is 1. The van der Waals surface area contributed by atoms with Gasteiger partial charge in [-0.25, -0.2) is 4.39 Å². The molecule has 0 aliphatic rings. The van der Waals surface area contributed by atoms with Crippen molar-refractivity contribution in [2.45, 2.75) is 38.8 Å². The van der Waals surface area contributed by atoms with Gasteiger partial charge < -0.3 is 10.2 Å². The summed E-state index contributed by atoms with van der Waals surface area (Å²) in [5.74, 6) is -1.10. The molecule has 34 heavy (non-hydrogen) atoms. The summed E-state index contributed by atoms with van der Waals surface area (Å²) in [4.78, 5) is 28.3. The van der Waals surface area contributed by atoms with Crippen LogP contribution in [0.2, 0.25) is 10.0 Å². The summed E-state index contributed by atoms with van der Waals surface area (Å²) in [6.07, 6.45) is 0.923. The first kappa shape index (κ1) is 25.7. The molecular weight excluding hydrogens is 474 g/mol. The third-order valence-corrected chi connectivity index (χ3v) is 6.22. The molecule has 3 aromatic rings. The van der Waals surface area contributed by atoms with Crippen molar-refractivity contribution in [3.8, 4) is 0 Å². The molecule has 0 bridgehead atoms. The molecule has 0 radical (unpaired) electrons. The Morgan fingerprint density at radius 3 is 2.24 bits per heavy atom. The van der Waals surface area contributed by atoms with Crippen LogP contribution in [-0.2, 0) is 29.0 Å². The number of carbonyl (C=O) groups excluding carboxylic acids is 2. The van der Waals surface area contributed by atoms with Crippen LogP contribution in [0.5, 0.6) is 0 Å². The number of rotatable bonds is 10. The molecule has 0 unspecified atom stereocenters. The second-order valence-electron chi connectivity index (χ2n) is 7.99. The zero-order valence-corrected chi connectivity index (χ0v) is 20.5. The summed E-state index contributed by atoms with van der Waals surface area (Å²) in [6.45, 7) is 2.36. The molecule has 0 saturated heterocycles. The number of hydrogen-bond donors (Lipinski definition) is 1. The van der Waals surface area contributed by atoms with Gasteiger partial charge in [0.1, 0.15) is 11.9 Å². The maximum absolute atomic E-state index is 14.6. The second kappa shape index (κ2) is 12.5. The van der Waals surface area contributed by atoms with Gasteiger partial charge in [0.15, 0.2) is 0 Å². The number of benzene rings is 3. The Kier molecular flexibility index (Phi) is 9.49. The van der Waals surface area contributed by atoms with Crippen LogP contribution in [0.3, 0.4) is 0 Å². The highest BCUT2D eigenvalue weighted by molar-refractivity contribution is 6.36. The van der Waals surface area contributed by atoms with Gasteiger partial charge in [-0.3, -0.25) is 9.59 Å². The van der Waals surface area contributed by atoms with E-state index in [9.17, 15) is 14.0 Å². The minimum atomic E-state index is -0.845. The van der Waals surface area contributed by atoms with E-state index in [4.69, 9.17) is 23.2 Å². The molecule has 0 aromatic heterocycles. The Bertz CT molecular complexity index is 1100. The predicted molar refractivity (Wildman–Crippen MR) is 134 cm³/mol. The average molecular weight is 501 g/mol. The standard InChI is InChI=1S/C27H27Cl2FN2O2/c1-2-15-31-27(34)25(16-19-9-4-3-5-10-19)32(18-20-11-6-7-14-24(20)30)26(33)17-21-22(28)12-8-13-23(21)29/h3-14,25H,2,15-18H2,1H3,(H,31,34)/t25-/m0/s1. The molecule has 0 fully saturated rings. The van der Waals surface area contributed by atoms with Crippen molar-refractivity contribution in [1.29, 1.82) is 0 Å². The van der Waals surface area contributed by atoms with Gasteiger partial charge in [-0.05, 0) is 35.7 Å². The minimum absolute atomic E-state index is 0.0649. The third kappa shape index (κ3) is 6.81. The highest BCUT2D eigenvalue weighted by Crippen LogP contribution is 2.26. The number of halogens is 3. The maximum Gasteiger partial charge on any atom is 0.243 e. The Labute approximate surface area is 209 Å². The van der Waals surface area contributed by atoms with E-state index < -0.39 is 11.9 Å². The number of hydrogen-bond acceptors (Lipinski definition) is 2. The van der Waals surface area contributed by atoms with E-state index in [-0.39, 0.29) is 31.2 Å². The van der Waals surface area contributed by atoms with E-state index in [2.05, 4.69) is 5.32 Å². The first-order valence-electron chi connectivity index (χ1n) is 11.2. The summed E-state index contributed by atoms with van der Waals surface area (Å²) in [5, 5.41) is 3.62. The summed E-state index contributed by atoms with van der Waals surface area (Å²) in [7, 11) is 0. The molecular formula is C27H27Cl2FN2O2. The highest BCUT2D eigenvalue weighted by Gasteiger charge is 2.31. The number of nitrogens with one attached hydrogen (secondary N) is 1. The SMILES string of the molecule is CCCNC(=O)[C@H](Cc1ccccc1)N(Cc1ccccc1F)C(=O)Cc1c(Cl)cccc1Cl. The van der Waals surface area contributed by atoms with E-state index in [0.29, 0.717) is 27.7 Å². The van der Waals surface area contributed by atoms with Crippen LogP contribution < -0.4 is 5.32 Å². The normalized spacial score (nSPS) is 11.6. The second-order valence-corrected chi connectivity index (χ2v) is 8.80. The average Bonchev–Trinajstić information content (AvgIpc) is 2.83. The molecule has 1 atom stereocenters. The number of amides is 2. The van der Waals surface area contributed by atoms with Crippen LogP contribution in [-0.4, -0.2) is 29.3 Å². The van der Waals surface area contributed by atoms with Gasteiger partial charge in [0.05, 0.1) is 6.42 Å². The van der Waals surface area contributed by atoms with Gasteiger partial charge in [-0.1, -0.05) is 84.7 Å². The summed E-state index contributed by atoms with van der Waals surface area (Å²) in [6, 6.07) is 19.9. The molecule has 7 heteroatoms. The molecule has 1 N–H and O–H groups in total. The van der Waals surface area contributed by atoms with Crippen LogP contribution in [0.15, 0.2) is 72.8 Å². The van der Waals surface area contributed by atoms with Crippen molar-refractivity contribution in [1.82, 2.24) is 10.2 Å². The lowest BCUT2D eigenvalue weighted by Gasteiger charge is -2.32. The van der Waals surface area contributed by atoms with E-state index >= 15 is 0 Å². The van der Waals surface area contributed by atoms with Gasteiger partial charge in [0.25, 0.3) is 0 Å². The van der Waals surface area contributed by atoms with Crippen molar-refractivity contribution in [3.63, 3.8) is 0 Å². The largest absolute Gasteiger partial charge is 0.354 e. The molecule has 4 nitrogen and oxygen atoms in total. The lowest BCUT2D eigenvalue weighted by atomic mass is 10.0. The van der Waals surface area contributed by atoms with Crippen molar-refractivity contribution < 1.29 is 14.0 Å². The fourth-order valence-electron chi connectivity index (χ4n) is 3.68. The monoisotopic (exact) mass is 500 g/mol. The maximum atomic E-state index is 14.6. The van der Waals surface area contributed by atoms with Crippen molar-refractivity contribution >= 4 is 35.0 Å². The fraction of sp³-hybridized carbons (Fsp3) is 0.259. The van der Waals surface area contributed by atoms with E-state index in [1.807, 2.05) is 37.3 Å². The lowest BCUT2D eigenvalue weighted by Crippen LogP contribution is -2.51. The van der Waals surface area contributed by atoms with Crippen LogP contribution in [0.4, 0.5) is 4.39 Å². The molecule has 0 aliphatic carbocycles. The quantitative estimate of drug-likeness (QED) is 0.380. The minimum Gasteiger partial charge on any atom is -0.354 e. The molecule has 0 aliphatic heterocycles. The van der Waals surface area contributed by atoms with Gasteiger partial charge in [-0.2, -0.15) is 0 Å². The molecule has 0 heterocycles. The van der Waals surface area contributed by atoms with Crippen molar-refractivity contribution in [2.75, 3.05) is 6.54 Å². The molecule has 3 aromatic carbocycles. The van der Waals surface area contributed by atoms with Gasteiger partial charge in [-0.15, -0.1) is 0 Å². The first-order chi connectivity index (χ1) is 16.4. The molecule has 3 rings (SSSR count). The molecule has 0 saturated carbocycles. The molecule has 2 amide bonds. The highest BCUT2D eigenvalue weighted by atomic mass is 35.5. The summed E-state index contributed by atoms with van der Waals surface area (Å²) in [5.41, 5.74) is 1.69. The van der Waals surface area contributed by atoms with Crippen molar-refractivity contribution in [2.24, 2.45) is 0 Å². The van der Waals surface area contributed by atoms with Crippen LogP contribution >= 0.6 is 23.2 Å². The summed E-state index contributed by atoms with van der Waals surface area (Å²) >= 11 is 12.6. The first-order valence-corrected chi connectivity index (χ1v) is 11.9. The fourth-order valence-corrected chi connectivity index (χ4v) is 4.22. The van der Waals surface area contributed by atoms with E-state index in [1.165, 1.54) is 11.0 Å². The van der Waals surface area contributed by atoms with Gasteiger partial charge >= 0.3 is 0 Å². The van der Waals surface area contributed by atoms with Crippen LogP contribution in [0, 0.1) is 5.82 Å². The van der Waals surface area contributed by atoms with Crippen molar-refractivity contribution in [3.05, 3.63) is 105 Å². The van der Waals surface area contributed by atoms with Gasteiger partial charge in [0, 0.05) is 35.1 Å². The summed E-state index contributed by atoms with van der Waals surface area (Å²) < 4.78 is 14.6. The number of carbonyl (C=O) groups is 2. The smallest absolute Gasteiger partial charge is 0.243 e. The Balaban J connectivity index is 2.00.